The molecule has 1 amide bonds. The van der Waals surface area contributed by atoms with Gasteiger partial charge in [0.1, 0.15) is 23.7 Å². The van der Waals surface area contributed by atoms with Crippen LogP contribution in [-0.4, -0.2) is 24.0 Å². The number of ketones is 1. The van der Waals surface area contributed by atoms with Crippen LogP contribution in [0.4, 0.5) is 16.2 Å². The zero-order valence-electron chi connectivity index (χ0n) is 17.6. The average Bonchev–Trinajstić information content (AvgIpc) is 2.98. The summed E-state index contributed by atoms with van der Waals surface area (Å²) in [4.78, 5) is 26.4. The van der Waals surface area contributed by atoms with E-state index in [2.05, 4.69) is 0 Å². The number of aryl methyl sites for hydroxylation is 1. The maximum atomic E-state index is 12.7. The van der Waals surface area contributed by atoms with Crippen LogP contribution in [0.1, 0.15) is 50.3 Å². The molecule has 6 nitrogen and oxygen atoms in total. The molecule has 0 fully saturated rings. The highest BCUT2D eigenvalue weighted by Gasteiger charge is 2.38. The number of nitrogen functional groups attached to an aromatic ring is 1. The molecule has 0 saturated heterocycles. The van der Waals surface area contributed by atoms with Gasteiger partial charge < -0.3 is 15.2 Å². The molecule has 6 heteroatoms. The molecule has 0 aliphatic carbocycles. The second kappa shape index (κ2) is 7.78. The Labute approximate surface area is 171 Å². The predicted octanol–water partition coefficient (Wildman–Crippen LogP) is 4.58. The average molecular weight is 396 g/mol. The highest BCUT2D eigenvalue weighted by atomic mass is 16.6. The van der Waals surface area contributed by atoms with Gasteiger partial charge >= 0.3 is 6.09 Å². The molecule has 2 N–H and O–H groups in total. The minimum Gasteiger partial charge on any atom is -0.487 e. The number of carbonyl (C=O) groups excluding carboxylic acids is 2. The third-order valence-electron chi connectivity index (χ3n) is 4.94. The molecule has 0 bridgehead atoms. The molecular formula is C23H28N2O4. The van der Waals surface area contributed by atoms with Crippen molar-refractivity contribution < 1.29 is 19.1 Å². The summed E-state index contributed by atoms with van der Waals surface area (Å²) < 4.78 is 11.5. The zero-order valence-corrected chi connectivity index (χ0v) is 17.6. The Kier molecular flexibility index (Phi) is 5.55. The van der Waals surface area contributed by atoms with Crippen molar-refractivity contribution in [1.29, 1.82) is 0 Å². The Morgan fingerprint density at radius 1 is 1.21 bits per heavy atom. The first kappa shape index (κ1) is 20.7. The Hall–Kier alpha value is -3.02. The number of fused-ring (bicyclic) bond motifs is 1. The number of hydrogen-bond acceptors (Lipinski definition) is 5. The fraction of sp³-hybridized carbons (Fsp3) is 0.391. The van der Waals surface area contributed by atoms with Gasteiger partial charge in [-0.05, 0) is 57.4 Å². The molecule has 2 aromatic rings. The highest BCUT2D eigenvalue weighted by molar-refractivity contribution is 5.98. The third-order valence-corrected chi connectivity index (χ3v) is 4.94. The molecule has 1 heterocycles. The SMILES string of the molecule is CC(=O)[C@@H]1CN(C(=O)OC(C)(C)C)c2cc(OCc3ccccc3C)c(N)cc21. The highest BCUT2D eigenvalue weighted by Crippen LogP contribution is 2.42. The first-order valence-corrected chi connectivity index (χ1v) is 9.68. The summed E-state index contributed by atoms with van der Waals surface area (Å²) in [5.41, 5.74) is 9.52. The summed E-state index contributed by atoms with van der Waals surface area (Å²) in [6.45, 7) is 9.56. The quantitative estimate of drug-likeness (QED) is 0.765. The van der Waals surface area contributed by atoms with Crippen LogP contribution in [0.3, 0.4) is 0 Å². The van der Waals surface area contributed by atoms with E-state index in [1.807, 2.05) is 52.0 Å². The number of hydrogen-bond donors (Lipinski definition) is 1. The van der Waals surface area contributed by atoms with Crippen molar-refractivity contribution in [2.45, 2.75) is 52.7 Å². The lowest BCUT2D eigenvalue weighted by Gasteiger charge is -2.25. The van der Waals surface area contributed by atoms with Crippen LogP contribution in [0, 0.1) is 6.92 Å². The summed E-state index contributed by atoms with van der Waals surface area (Å²) >= 11 is 0. The lowest BCUT2D eigenvalue weighted by Crippen LogP contribution is -2.36. The molecule has 2 aromatic carbocycles. The zero-order chi connectivity index (χ0) is 21.3. The molecule has 29 heavy (non-hydrogen) atoms. The topological polar surface area (TPSA) is 81.9 Å². The van der Waals surface area contributed by atoms with E-state index in [9.17, 15) is 9.59 Å². The van der Waals surface area contributed by atoms with Crippen LogP contribution in [-0.2, 0) is 16.1 Å². The van der Waals surface area contributed by atoms with Gasteiger partial charge in [-0.3, -0.25) is 9.69 Å². The molecule has 0 aromatic heterocycles. The van der Waals surface area contributed by atoms with Crippen LogP contribution in [0.5, 0.6) is 5.75 Å². The van der Waals surface area contributed by atoms with Gasteiger partial charge in [0.15, 0.2) is 0 Å². The molecule has 0 unspecified atom stereocenters. The van der Waals surface area contributed by atoms with Crippen molar-refractivity contribution in [2.75, 3.05) is 17.2 Å². The van der Waals surface area contributed by atoms with Crippen LogP contribution in [0.2, 0.25) is 0 Å². The van der Waals surface area contributed by atoms with Crippen LogP contribution >= 0.6 is 0 Å². The van der Waals surface area contributed by atoms with Crippen molar-refractivity contribution in [1.82, 2.24) is 0 Å². The van der Waals surface area contributed by atoms with Crippen LogP contribution in [0.15, 0.2) is 36.4 Å². The fourth-order valence-electron chi connectivity index (χ4n) is 3.39. The van der Waals surface area contributed by atoms with Gasteiger partial charge in [-0.2, -0.15) is 0 Å². The summed E-state index contributed by atoms with van der Waals surface area (Å²) in [6.07, 6.45) is -0.489. The van der Waals surface area contributed by atoms with E-state index in [1.165, 1.54) is 11.8 Å². The molecule has 0 saturated carbocycles. The van der Waals surface area contributed by atoms with Gasteiger partial charge in [0.05, 0.1) is 17.3 Å². The van der Waals surface area contributed by atoms with E-state index in [4.69, 9.17) is 15.2 Å². The Morgan fingerprint density at radius 2 is 1.90 bits per heavy atom. The second-order valence-electron chi connectivity index (χ2n) is 8.42. The molecule has 3 rings (SSSR count). The second-order valence-corrected chi connectivity index (χ2v) is 8.42. The van der Waals surface area contributed by atoms with Crippen molar-refractivity contribution in [3.8, 4) is 5.75 Å². The predicted molar refractivity (Wildman–Crippen MR) is 113 cm³/mol. The van der Waals surface area contributed by atoms with E-state index in [-0.39, 0.29) is 12.3 Å². The van der Waals surface area contributed by atoms with Gasteiger partial charge in [0.2, 0.25) is 0 Å². The minimum absolute atomic E-state index is 0.0229. The number of carbonyl (C=O) groups is 2. The maximum Gasteiger partial charge on any atom is 0.414 e. The van der Waals surface area contributed by atoms with E-state index >= 15 is 0 Å². The van der Waals surface area contributed by atoms with Crippen molar-refractivity contribution >= 4 is 23.3 Å². The third kappa shape index (κ3) is 4.53. The summed E-state index contributed by atoms with van der Waals surface area (Å²) in [5.74, 6) is 0.0280. The van der Waals surface area contributed by atoms with Gasteiger partial charge in [-0.1, -0.05) is 24.3 Å². The molecular weight excluding hydrogens is 368 g/mol. The molecule has 1 aliphatic heterocycles. The number of nitrogens with two attached hydrogens (primary N) is 1. The fourth-order valence-corrected chi connectivity index (χ4v) is 3.39. The first-order valence-electron chi connectivity index (χ1n) is 9.68. The van der Waals surface area contributed by atoms with E-state index in [0.717, 1.165) is 16.7 Å². The molecule has 1 aliphatic rings. The smallest absolute Gasteiger partial charge is 0.414 e. The minimum atomic E-state index is -0.635. The molecule has 1 atom stereocenters. The number of anilines is 2. The van der Waals surface area contributed by atoms with E-state index in [0.29, 0.717) is 23.7 Å². The lowest BCUT2D eigenvalue weighted by molar-refractivity contribution is -0.118. The lowest BCUT2D eigenvalue weighted by atomic mass is 9.97. The first-order chi connectivity index (χ1) is 13.6. The van der Waals surface area contributed by atoms with Gasteiger partial charge in [-0.25, -0.2) is 4.79 Å². The van der Waals surface area contributed by atoms with Gasteiger partial charge in [-0.15, -0.1) is 0 Å². The largest absolute Gasteiger partial charge is 0.487 e. The van der Waals surface area contributed by atoms with Gasteiger partial charge in [0.25, 0.3) is 0 Å². The maximum absolute atomic E-state index is 12.7. The van der Waals surface area contributed by atoms with E-state index in [1.54, 1.807) is 12.1 Å². The van der Waals surface area contributed by atoms with Crippen molar-refractivity contribution in [3.63, 3.8) is 0 Å². The Balaban J connectivity index is 1.92. The molecule has 154 valence electrons. The number of ether oxygens (including phenoxy) is 2. The standard InChI is InChI=1S/C23H28N2O4/c1-14-8-6-7-9-16(14)13-28-21-11-20-17(10-19(21)24)18(15(2)26)12-25(20)22(27)29-23(3,4)5/h6-11,18H,12-13,24H2,1-5H3/t18-/m0/s1. The number of benzene rings is 2. The Bertz CT molecular complexity index is 946. The number of nitrogens with zero attached hydrogens (tertiary/aromatic N) is 1. The summed E-state index contributed by atoms with van der Waals surface area (Å²) in [5, 5.41) is 0. The normalized spacial score (nSPS) is 15.8. The Morgan fingerprint density at radius 3 is 2.52 bits per heavy atom. The van der Waals surface area contributed by atoms with Crippen LogP contribution in [0.25, 0.3) is 0 Å². The summed E-state index contributed by atoms with van der Waals surface area (Å²) in [7, 11) is 0. The van der Waals surface area contributed by atoms with E-state index < -0.39 is 17.6 Å². The number of Topliss-reactive ketones (excluding diaryl/α,β-unsaturated/α-hetero) is 1. The van der Waals surface area contributed by atoms with Crippen molar-refractivity contribution in [2.24, 2.45) is 0 Å². The van der Waals surface area contributed by atoms with Gasteiger partial charge in [0, 0.05) is 12.6 Å². The summed E-state index contributed by atoms with van der Waals surface area (Å²) in [6, 6.07) is 11.4. The van der Waals surface area contributed by atoms with Crippen LogP contribution < -0.4 is 15.4 Å². The number of amides is 1. The molecule has 0 spiro atoms. The monoisotopic (exact) mass is 396 g/mol. The molecule has 0 radical (unpaired) electrons. The van der Waals surface area contributed by atoms with Crippen molar-refractivity contribution in [3.05, 3.63) is 53.1 Å². The number of rotatable bonds is 4.